The fourth-order valence-corrected chi connectivity index (χ4v) is 4.10. The summed E-state index contributed by atoms with van der Waals surface area (Å²) < 4.78 is 6.04. The Hall–Kier alpha value is -3.89. The second kappa shape index (κ2) is 9.50. The molecule has 0 unspecified atom stereocenters. The van der Waals surface area contributed by atoms with Gasteiger partial charge in [0.05, 0.1) is 5.75 Å². The lowest BCUT2D eigenvalue weighted by Crippen LogP contribution is -2.14. The quantitative estimate of drug-likeness (QED) is 0.309. The van der Waals surface area contributed by atoms with Crippen molar-refractivity contribution in [1.29, 1.82) is 5.26 Å². The zero-order chi connectivity index (χ0) is 22.5. The summed E-state index contributed by atoms with van der Waals surface area (Å²) in [6.45, 7) is 3.77. The minimum Gasteiger partial charge on any atom is -0.438 e. The smallest absolute Gasteiger partial charge is 0.237 e. The Kier molecular flexibility index (Phi) is 6.34. The second-order valence-corrected chi connectivity index (χ2v) is 8.07. The van der Waals surface area contributed by atoms with Crippen LogP contribution in [0.1, 0.15) is 17.0 Å². The van der Waals surface area contributed by atoms with Crippen LogP contribution in [0.25, 0.3) is 22.5 Å². The average molecular weight is 441 g/mol. The van der Waals surface area contributed by atoms with Gasteiger partial charge in [-0.05, 0) is 25.5 Å². The number of aryl methyl sites for hydroxylation is 2. The maximum atomic E-state index is 12.7. The van der Waals surface area contributed by atoms with Crippen LogP contribution in [0, 0.1) is 25.2 Å². The van der Waals surface area contributed by atoms with E-state index in [4.69, 9.17) is 4.42 Å². The van der Waals surface area contributed by atoms with Crippen molar-refractivity contribution in [1.82, 2.24) is 9.97 Å². The van der Waals surface area contributed by atoms with Crippen molar-refractivity contribution in [3.8, 4) is 28.5 Å². The van der Waals surface area contributed by atoms with Gasteiger partial charge >= 0.3 is 0 Å². The lowest BCUT2D eigenvalue weighted by molar-refractivity contribution is -0.113. The van der Waals surface area contributed by atoms with Gasteiger partial charge in [-0.25, -0.2) is 9.97 Å². The van der Waals surface area contributed by atoms with E-state index in [0.29, 0.717) is 16.5 Å². The van der Waals surface area contributed by atoms with Gasteiger partial charge in [0.25, 0.3) is 0 Å². The molecule has 4 rings (SSSR count). The van der Waals surface area contributed by atoms with E-state index in [2.05, 4.69) is 21.4 Å². The summed E-state index contributed by atoms with van der Waals surface area (Å²) in [5.41, 5.74) is 4.29. The predicted molar refractivity (Wildman–Crippen MR) is 125 cm³/mol. The van der Waals surface area contributed by atoms with Crippen LogP contribution in [0.2, 0.25) is 0 Å². The molecule has 4 aromatic rings. The zero-order valence-corrected chi connectivity index (χ0v) is 18.4. The van der Waals surface area contributed by atoms with Crippen LogP contribution in [0.3, 0.4) is 0 Å². The first-order chi connectivity index (χ1) is 15.5. The van der Waals surface area contributed by atoms with Crippen LogP contribution in [-0.2, 0) is 4.79 Å². The first kappa shape index (κ1) is 21.3. The highest BCUT2D eigenvalue weighted by molar-refractivity contribution is 7.99. The number of furan rings is 1. The number of thioether (sulfide) groups is 1. The highest BCUT2D eigenvalue weighted by Gasteiger charge is 2.24. The number of nitrogens with one attached hydrogen (secondary N) is 1. The molecule has 0 fully saturated rings. The Bertz CT molecular complexity index is 1270. The van der Waals surface area contributed by atoms with Crippen molar-refractivity contribution in [2.45, 2.75) is 19.0 Å². The van der Waals surface area contributed by atoms with Crippen molar-refractivity contribution >= 4 is 23.6 Å². The van der Waals surface area contributed by atoms with Crippen LogP contribution in [0.5, 0.6) is 0 Å². The number of carbonyl (C=O) groups excluding carboxylic acids is 1. The number of benzene rings is 2. The summed E-state index contributed by atoms with van der Waals surface area (Å²) in [5.74, 6) is 0.462. The molecule has 1 N–H and O–H groups in total. The molecule has 2 aromatic heterocycles. The fraction of sp³-hybridized carbons (Fsp3) is 0.120. The third kappa shape index (κ3) is 4.71. The van der Waals surface area contributed by atoms with E-state index in [9.17, 15) is 10.1 Å². The van der Waals surface area contributed by atoms with E-state index in [1.807, 2.05) is 80.6 Å². The molecule has 2 aromatic carbocycles. The van der Waals surface area contributed by atoms with Crippen molar-refractivity contribution in [2.24, 2.45) is 0 Å². The number of amides is 1. The fourth-order valence-electron chi connectivity index (χ4n) is 3.35. The number of aromatic nitrogens is 2. The molecule has 0 atom stereocenters. The van der Waals surface area contributed by atoms with Gasteiger partial charge in [0.2, 0.25) is 11.8 Å². The van der Waals surface area contributed by atoms with E-state index < -0.39 is 0 Å². The Morgan fingerprint density at radius 1 is 1.00 bits per heavy atom. The van der Waals surface area contributed by atoms with Gasteiger partial charge in [-0.15, -0.1) is 0 Å². The van der Waals surface area contributed by atoms with E-state index in [1.54, 1.807) is 0 Å². The van der Waals surface area contributed by atoms with Gasteiger partial charge < -0.3 is 4.42 Å². The minimum atomic E-state index is -0.303. The molecule has 32 heavy (non-hydrogen) atoms. The van der Waals surface area contributed by atoms with Crippen LogP contribution < -0.4 is 5.32 Å². The number of nitrogens with zero attached hydrogens (tertiary/aromatic N) is 3. The van der Waals surface area contributed by atoms with Gasteiger partial charge in [-0.3, -0.25) is 10.1 Å². The monoisotopic (exact) mass is 440 g/mol. The number of nitriles is 1. The molecule has 0 aliphatic rings. The Morgan fingerprint density at radius 2 is 1.59 bits per heavy atom. The molecule has 0 bridgehead atoms. The Labute approximate surface area is 190 Å². The molecule has 0 spiro atoms. The van der Waals surface area contributed by atoms with Crippen molar-refractivity contribution in [2.75, 3.05) is 11.1 Å². The topological polar surface area (TPSA) is 91.8 Å². The minimum absolute atomic E-state index is 0.0931. The first-order valence-electron chi connectivity index (χ1n) is 9.98. The van der Waals surface area contributed by atoms with Crippen molar-refractivity contribution in [3.63, 3.8) is 0 Å². The lowest BCUT2D eigenvalue weighted by atomic mass is 9.98. The normalized spacial score (nSPS) is 10.5. The maximum Gasteiger partial charge on any atom is 0.237 e. The summed E-state index contributed by atoms with van der Waals surface area (Å²) in [6, 6.07) is 23.1. The number of anilines is 1. The molecule has 0 aliphatic heterocycles. The third-order valence-corrected chi connectivity index (χ3v) is 5.51. The standard InChI is InChI=1S/C25H20N4O2S/c1-16-13-17(2)28-25(27-16)32-15-21(30)29-24-20(14-26)22(18-9-5-3-6-10-18)23(31-24)19-11-7-4-8-12-19/h3-13H,15H2,1-2H3,(H,29,30). The molecule has 2 heterocycles. The summed E-state index contributed by atoms with van der Waals surface area (Å²) in [7, 11) is 0. The molecule has 1 amide bonds. The van der Waals surface area contributed by atoms with Gasteiger partial charge in [0.1, 0.15) is 17.4 Å². The summed E-state index contributed by atoms with van der Waals surface area (Å²) >= 11 is 1.23. The third-order valence-electron chi connectivity index (χ3n) is 4.67. The number of rotatable bonds is 6. The van der Waals surface area contributed by atoms with Crippen LogP contribution in [-0.4, -0.2) is 21.6 Å². The number of carbonyl (C=O) groups is 1. The summed E-state index contributed by atoms with van der Waals surface area (Å²) in [5, 5.41) is 13.2. The molecular formula is C25H20N4O2S. The van der Waals surface area contributed by atoms with Crippen LogP contribution >= 0.6 is 11.8 Å². The molecule has 158 valence electrons. The first-order valence-corrected chi connectivity index (χ1v) is 11.0. The highest BCUT2D eigenvalue weighted by Crippen LogP contribution is 2.41. The largest absolute Gasteiger partial charge is 0.438 e. The average Bonchev–Trinajstić information content (AvgIpc) is 3.16. The van der Waals surface area contributed by atoms with Crippen molar-refractivity contribution in [3.05, 3.63) is 83.7 Å². The van der Waals surface area contributed by atoms with E-state index in [1.165, 1.54) is 11.8 Å². The number of hydrogen-bond donors (Lipinski definition) is 1. The summed E-state index contributed by atoms with van der Waals surface area (Å²) in [4.78, 5) is 21.3. The van der Waals surface area contributed by atoms with Crippen LogP contribution in [0.4, 0.5) is 5.88 Å². The van der Waals surface area contributed by atoms with Gasteiger partial charge in [0, 0.05) is 22.5 Å². The van der Waals surface area contributed by atoms with Crippen molar-refractivity contribution < 1.29 is 9.21 Å². The molecule has 7 heteroatoms. The van der Waals surface area contributed by atoms with Gasteiger partial charge in [0.15, 0.2) is 5.16 Å². The number of hydrogen-bond acceptors (Lipinski definition) is 6. The Morgan fingerprint density at radius 3 is 2.19 bits per heavy atom. The SMILES string of the molecule is Cc1cc(C)nc(SCC(=O)Nc2oc(-c3ccccc3)c(-c3ccccc3)c2C#N)n1. The van der Waals surface area contributed by atoms with E-state index in [0.717, 1.165) is 22.5 Å². The molecule has 0 saturated heterocycles. The summed E-state index contributed by atoms with van der Waals surface area (Å²) in [6.07, 6.45) is 0. The van der Waals surface area contributed by atoms with E-state index >= 15 is 0 Å². The lowest BCUT2D eigenvalue weighted by Gasteiger charge is -2.04. The molecule has 0 radical (unpaired) electrons. The molecule has 0 aliphatic carbocycles. The predicted octanol–water partition coefficient (Wildman–Crippen LogP) is 5.62. The molecular weight excluding hydrogens is 420 g/mol. The van der Waals surface area contributed by atoms with E-state index in [-0.39, 0.29) is 23.1 Å². The van der Waals surface area contributed by atoms with Crippen LogP contribution in [0.15, 0.2) is 76.3 Å². The van der Waals surface area contributed by atoms with Gasteiger partial charge in [-0.1, -0.05) is 72.4 Å². The van der Waals surface area contributed by atoms with Gasteiger partial charge in [-0.2, -0.15) is 5.26 Å². The molecule has 6 nitrogen and oxygen atoms in total. The maximum absolute atomic E-state index is 12.7. The molecule has 0 saturated carbocycles. The Balaban J connectivity index is 1.64. The zero-order valence-electron chi connectivity index (χ0n) is 17.6. The highest BCUT2D eigenvalue weighted by atomic mass is 32.2. The second-order valence-electron chi connectivity index (χ2n) is 7.12.